The van der Waals surface area contributed by atoms with Crippen LogP contribution in [0.1, 0.15) is 22.5 Å². The summed E-state index contributed by atoms with van der Waals surface area (Å²) in [6, 6.07) is 31.4. The molecule has 36 heavy (non-hydrogen) atoms. The van der Waals surface area contributed by atoms with Gasteiger partial charge in [0.1, 0.15) is 17.3 Å². The smallest absolute Gasteiger partial charge is 0.154 e. The average molecular weight is 493 g/mol. The van der Waals surface area contributed by atoms with Crippen LogP contribution in [0.5, 0.6) is 11.5 Å². The van der Waals surface area contributed by atoms with Gasteiger partial charge < -0.3 is 15.8 Å². The molecule has 0 fully saturated rings. The summed E-state index contributed by atoms with van der Waals surface area (Å²) < 4.78 is 5.95. The standard InChI is InChI=1S/C30H25ClN4O/c31-24-13-14-27-28(18-24)34-29(35-30(27)33-20-23-8-4-7-22(16-23)19-32)15-12-21-6-5-11-26(17-21)36-25-9-2-1-3-10-25/h1-18H,19-20,32H2,(H,33,34,35). The molecule has 1 heterocycles. The lowest BCUT2D eigenvalue weighted by Crippen LogP contribution is -2.05. The lowest BCUT2D eigenvalue weighted by Gasteiger charge is -2.11. The van der Waals surface area contributed by atoms with Crippen LogP contribution in [0.25, 0.3) is 23.1 Å². The molecule has 1 aromatic heterocycles. The third-order valence-corrected chi connectivity index (χ3v) is 5.86. The Morgan fingerprint density at radius 3 is 2.44 bits per heavy atom. The SMILES string of the molecule is NCc1cccc(CNc2nc(C=Cc3cccc(Oc4ccccc4)c3)nc3cc(Cl)ccc23)c1. The molecule has 0 unspecified atom stereocenters. The van der Waals surface area contributed by atoms with Crippen LogP contribution in [-0.2, 0) is 13.1 Å². The van der Waals surface area contributed by atoms with Gasteiger partial charge in [0.15, 0.2) is 5.82 Å². The second-order valence-corrected chi connectivity index (χ2v) is 8.73. The number of nitrogens with zero attached hydrogens (tertiary/aromatic N) is 2. The Kier molecular flexibility index (Phi) is 7.22. The number of fused-ring (bicyclic) bond motifs is 1. The molecule has 0 aliphatic carbocycles. The number of hydrogen-bond donors (Lipinski definition) is 2. The normalized spacial score (nSPS) is 11.2. The average Bonchev–Trinajstić information content (AvgIpc) is 2.91. The van der Waals surface area contributed by atoms with Crippen molar-refractivity contribution in [3.8, 4) is 11.5 Å². The molecule has 0 radical (unpaired) electrons. The van der Waals surface area contributed by atoms with E-state index in [9.17, 15) is 0 Å². The van der Waals surface area contributed by atoms with Crippen molar-refractivity contribution in [3.05, 3.63) is 125 Å². The molecule has 0 saturated carbocycles. The van der Waals surface area contributed by atoms with Gasteiger partial charge in [-0.05, 0) is 65.2 Å². The molecule has 178 valence electrons. The van der Waals surface area contributed by atoms with Gasteiger partial charge in [0.05, 0.1) is 5.52 Å². The Balaban J connectivity index is 1.40. The lowest BCUT2D eigenvalue weighted by molar-refractivity contribution is 0.482. The number of aromatic nitrogens is 2. The maximum Gasteiger partial charge on any atom is 0.154 e. The third kappa shape index (κ3) is 5.89. The summed E-state index contributed by atoms with van der Waals surface area (Å²) >= 11 is 6.26. The Morgan fingerprint density at radius 1 is 0.778 bits per heavy atom. The molecule has 0 aliphatic heterocycles. The highest BCUT2D eigenvalue weighted by Crippen LogP contribution is 2.26. The second-order valence-electron chi connectivity index (χ2n) is 8.29. The number of nitrogens with one attached hydrogen (secondary N) is 1. The Labute approximate surface area is 215 Å². The van der Waals surface area contributed by atoms with E-state index >= 15 is 0 Å². The fourth-order valence-electron chi connectivity index (χ4n) is 3.86. The maximum absolute atomic E-state index is 6.26. The Hall–Kier alpha value is -4.19. The first-order chi connectivity index (χ1) is 17.7. The highest BCUT2D eigenvalue weighted by atomic mass is 35.5. The molecule has 0 bridgehead atoms. The lowest BCUT2D eigenvalue weighted by atomic mass is 10.1. The summed E-state index contributed by atoms with van der Waals surface area (Å²) in [6.07, 6.45) is 3.86. The van der Waals surface area contributed by atoms with Gasteiger partial charge in [0.2, 0.25) is 0 Å². The number of halogens is 1. The predicted molar refractivity (Wildman–Crippen MR) is 148 cm³/mol. The van der Waals surface area contributed by atoms with Crippen LogP contribution in [0.15, 0.2) is 97.1 Å². The van der Waals surface area contributed by atoms with E-state index in [-0.39, 0.29) is 0 Å². The third-order valence-electron chi connectivity index (χ3n) is 5.63. The molecule has 5 aromatic rings. The topological polar surface area (TPSA) is 73.1 Å². The van der Waals surface area contributed by atoms with Gasteiger partial charge in [0, 0.05) is 23.5 Å². The summed E-state index contributed by atoms with van der Waals surface area (Å²) in [5, 5.41) is 5.00. The minimum atomic E-state index is 0.509. The first kappa shape index (κ1) is 23.5. The fourth-order valence-corrected chi connectivity index (χ4v) is 4.03. The van der Waals surface area contributed by atoms with Gasteiger partial charge in [-0.25, -0.2) is 9.97 Å². The van der Waals surface area contributed by atoms with Crippen LogP contribution >= 0.6 is 11.6 Å². The predicted octanol–water partition coefficient (Wildman–Crippen LogP) is 7.32. The molecule has 5 rings (SSSR count). The molecule has 5 nitrogen and oxygen atoms in total. The summed E-state index contributed by atoms with van der Waals surface area (Å²) in [5.74, 6) is 2.88. The van der Waals surface area contributed by atoms with E-state index in [2.05, 4.69) is 17.4 Å². The maximum atomic E-state index is 6.26. The van der Waals surface area contributed by atoms with E-state index in [0.29, 0.717) is 23.9 Å². The van der Waals surface area contributed by atoms with Gasteiger partial charge in [-0.15, -0.1) is 0 Å². The molecule has 6 heteroatoms. The monoisotopic (exact) mass is 492 g/mol. The van der Waals surface area contributed by atoms with E-state index in [1.807, 2.05) is 97.1 Å². The van der Waals surface area contributed by atoms with E-state index in [0.717, 1.165) is 44.9 Å². The van der Waals surface area contributed by atoms with Crippen LogP contribution < -0.4 is 15.8 Å². The second kappa shape index (κ2) is 11.0. The summed E-state index contributed by atoms with van der Waals surface area (Å²) in [4.78, 5) is 9.50. The van der Waals surface area contributed by atoms with E-state index < -0.39 is 0 Å². The number of benzene rings is 4. The molecule has 4 aromatic carbocycles. The highest BCUT2D eigenvalue weighted by Gasteiger charge is 2.08. The van der Waals surface area contributed by atoms with Crippen LogP contribution in [0, 0.1) is 0 Å². The van der Waals surface area contributed by atoms with Crippen molar-refractivity contribution in [2.75, 3.05) is 5.32 Å². The van der Waals surface area contributed by atoms with Crippen molar-refractivity contribution in [2.24, 2.45) is 5.73 Å². The molecular formula is C30H25ClN4O. The van der Waals surface area contributed by atoms with Crippen LogP contribution in [0.4, 0.5) is 5.82 Å². The van der Waals surface area contributed by atoms with Crippen molar-refractivity contribution in [1.82, 2.24) is 9.97 Å². The van der Waals surface area contributed by atoms with Gasteiger partial charge in [0.25, 0.3) is 0 Å². The minimum Gasteiger partial charge on any atom is -0.457 e. The number of hydrogen-bond acceptors (Lipinski definition) is 5. The van der Waals surface area contributed by atoms with Crippen molar-refractivity contribution >= 4 is 40.5 Å². The van der Waals surface area contributed by atoms with E-state index in [4.69, 9.17) is 32.0 Å². The molecule has 3 N–H and O–H groups in total. The first-order valence-corrected chi connectivity index (χ1v) is 12.0. The van der Waals surface area contributed by atoms with Gasteiger partial charge >= 0.3 is 0 Å². The highest BCUT2D eigenvalue weighted by molar-refractivity contribution is 6.31. The van der Waals surface area contributed by atoms with E-state index in [1.165, 1.54) is 0 Å². The molecular weight excluding hydrogens is 468 g/mol. The van der Waals surface area contributed by atoms with Crippen molar-refractivity contribution in [3.63, 3.8) is 0 Å². The Morgan fingerprint density at radius 2 is 1.58 bits per heavy atom. The zero-order valence-electron chi connectivity index (χ0n) is 19.6. The molecule has 0 saturated heterocycles. The van der Waals surface area contributed by atoms with Gasteiger partial charge in [-0.1, -0.05) is 72.3 Å². The number of para-hydroxylation sites is 1. The number of ether oxygens (including phenoxy) is 1. The Bertz CT molecular complexity index is 1520. The van der Waals surface area contributed by atoms with Gasteiger partial charge in [-0.2, -0.15) is 0 Å². The minimum absolute atomic E-state index is 0.509. The van der Waals surface area contributed by atoms with Crippen LogP contribution in [0.3, 0.4) is 0 Å². The van der Waals surface area contributed by atoms with Crippen molar-refractivity contribution in [2.45, 2.75) is 13.1 Å². The fraction of sp³-hybridized carbons (Fsp3) is 0.0667. The molecule has 0 amide bonds. The van der Waals surface area contributed by atoms with E-state index in [1.54, 1.807) is 0 Å². The summed E-state index contributed by atoms with van der Waals surface area (Å²) in [7, 11) is 0. The number of rotatable bonds is 8. The molecule has 0 spiro atoms. The number of anilines is 1. The summed E-state index contributed by atoms with van der Waals surface area (Å²) in [5.41, 5.74) is 9.77. The zero-order chi connectivity index (χ0) is 24.7. The largest absolute Gasteiger partial charge is 0.457 e. The summed E-state index contributed by atoms with van der Waals surface area (Å²) in [6.45, 7) is 1.12. The molecule has 0 aliphatic rings. The van der Waals surface area contributed by atoms with Gasteiger partial charge in [-0.3, -0.25) is 0 Å². The quantitative estimate of drug-likeness (QED) is 0.237. The van der Waals surface area contributed by atoms with Crippen LogP contribution in [-0.4, -0.2) is 9.97 Å². The van der Waals surface area contributed by atoms with Crippen LogP contribution in [0.2, 0.25) is 5.02 Å². The zero-order valence-corrected chi connectivity index (χ0v) is 20.3. The first-order valence-electron chi connectivity index (χ1n) is 11.7. The molecule has 0 atom stereocenters. The van der Waals surface area contributed by atoms with Crippen molar-refractivity contribution < 1.29 is 4.74 Å². The number of nitrogens with two attached hydrogens (primary N) is 1. The van der Waals surface area contributed by atoms with Crippen molar-refractivity contribution in [1.29, 1.82) is 0 Å².